The zero-order valence-electron chi connectivity index (χ0n) is 23.9. The summed E-state index contributed by atoms with van der Waals surface area (Å²) in [6.07, 6.45) is 16.2. The van der Waals surface area contributed by atoms with Gasteiger partial charge in [0.2, 0.25) is 0 Å². The number of ether oxygens (including phenoxy) is 1. The van der Waals surface area contributed by atoms with E-state index >= 15 is 0 Å². The Balaban J connectivity index is 1.36. The monoisotopic (exact) mass is 547 g/mol. The number of aliphatic hydroxyl groups is 1. The molecule has 0 radical (unpaired) electrons. The number of hydrogen-bond donors (Lipinski definition) is 2. The third-order valence-corrected chi connectivity index (χ3v) is 9.49. The number of pyridine rings is 1. The summed E-state index contributed by atoms with van der Waals surface area (Å²) >= 11 is 0. The zero-order chi connectivity index (χ0) is 28.0. The predicted molar refractivity (Wildman–Crippen MR) is 156 cm³/mol. The van der Waals surface area contributed by atoms with E-state index in [0.717, 1.165) is 37.7 Å². The lowest BCUT2D eigenvalue weighted by atomic mass is 9.61. The molecular weight excluding hydrogens is 502 g/mol. The van der Waals surface area contributed by atoms with E-state index in [1.54, 1.807) is 24.5 Å². The number of nitrogens with one attached hydrogen (secondary N) is 1. The lowest BCUT2D eigenvalue weighted by Gasteiger charge is -2.46. The predicted octanol–water partition coefficient (Wildman–Crippen LogP) is 6.28. The fraction of sp³-hybridized carbons (Fsp3) is 0.606. The molecular formula is C33H45N3O4. The Labute approximate surface area is 238 Å². The minimum Gasteiger partial charge on any atom is -0.465 e. The first-order chi connectivity index (χ1) is 19.6. The summed E-state index contributed by atoms with van der Waals surface area (Å²) in [5.41, 5.74) is -0.775. The molecule has 4 atom stereocenters. The van der Waals surface area contributed by atoms with Crippen molar-refractivity contribution in [2.75, 3.05) is 18.5 Å². The van der Waals surface area contributed by atoms with Gasteiger partial charge in [0.1, 0.15) is 11.0 Å². The SMILES string of the molecule is CCCCCCCCCCCCOC(=O)C1(C(O)c2ccncc2)CC2CCCN2C12C(=O)Nc1ccccc12. The van der Waals surface area contributed by atoms with Gasteiger partial charge >= 0.3 is 5.97 Å². The second kappa shape index (κ2) is 12.8. The number of benzene rings is 1. The summed E-state index contributed by atoms with van der Waals surface area (Å²) in [5, 5.41) is 15.2. The van der Waals surface area contributed by atoms with Crippen LogP contribution >= 0.6 is 0 Å². The summed E-state index contributed by atoms with van der Waals surface area (Å²) in [7, 11) is 0. The Morgan fingerprint density at radius 2 is 1.73 bits per heavy atom. The summed E-state index contributed by atoms with van der Waals surface area (Å²) in [5.74, 6) is -0.726. The first-order valence-electron chi connectivity index (χ1n) is 15.5. The number of unbranched alkanes of at least 4 members (excludes halogenated alkanes) is 9. The van der Waals surface area contributed by atoms with Crippen molar-refractivity contribution in [2.45, 2.75) is 108 Å². The summed E-state index contributed by atoms with van der Waals surface area (Å²) in [6.45, 7) is 3.24. The first kappa shape index (κ1) is 28.7. The van der Waals surface area contributed by atoms with Gasteiger partial charge in [-0.3, -0.25) is 19.5 Å². The van der Waals surface area contributed by atoms with Crippen molar-refractivity contribution in [3.63, 3.8) is 0 Å². The number of carbonyl (C=O) groups is 2. The summed E-state index contributed by atoms with van der Waals surface area (Å²) < 4.78 is 6.04. The molecule has 1 aromatic carbocycles. The largest absolute Gasteiger partial charge is 0.465 e. The molecule has 4 unspecified atom stereocenters. The first-order valence-corrected chi connectivity index (χ1v) is 15.5. The molecule has 2 N–H and O–H groups in total. The Hall–Kier alpha value is -2.77. The molecule has 2 aromatic rings. The number of hydrogen-bond acceptors (Lipinski definition) is 6. The highest BCUT2D eigenvalue weighted by Crippen LogP contribution is 2.66. The van der Waals surface area contributed by atoms with Crippen LogP contribution in [0.5, 0.6) is 0 Å². The van der Waals surface area contributed by atoms with Gasteiger partial charge in [0.05, 0.1) is 12.7 Å². The van der Waals surface area contributed by atoms with Crippen molar-refractivity contribution in [1.82, 2.24) is 9.88 Å². The van der Waals surface area contributed by atoms with Crippen LogP contribution in [-0.2, 0) is 19.9 Å². The van der Waals surface area contributed by atoms with E-state index in [-0.39, 0.29) is 11.9 Å². The molecule has 216 valence electrons. The summed E-state index contributed by atoms with van der Waals surface area (Å²) in [6, 6.07) is 11.1. The topological polar surface area (TPSA) is 91.8 Å². The lowest BCUT2D eigenvalue weighted by molar-refractivity contribution is -0.178. The molecule has 7 nitrogen and oxygen atoms in total. The Morgan fingerprint density at radius 1 is 1.05 bits per heavy atom. The van der Waals surface area contributed by atoms with Crippen molar-refractivity contribution in [3.05, 3.63) is 59.9 Å². The molecule has 4 heterocycles. The van der Waals surface area contributed by atoms with Crippen LogP contribution in [0.4, 0.5) is 5.69 Å². The van der Waals surface area contributed by atoms with Crippen LogP contribution in [0.1, 0.15) is 108 Å². The van der Waals surface area contributed by atoms with Crippen molar-refractivity contribution < 1.29 is 19.4 Å². The second-order valence-electron chi connectivity index (χ2n) is 11.9. The van der Waals surface area contributed by atoms with E-state index in [9.17, 15) is 14.7 Å². The van der Waals surface area contributed by atoms with Crippen molar-refractivity contribution in [3.8, 4) is 0 Å². The van der Waals surface area contributed by atoms with Crippen LogP contribution in [0.3, 0.4) is 0 Å². The smallest absolute Gasteiger partial charge is 0.317 e. The van der Waals surface area contributed by atoms with E-state index in [1.165, 1.54) is 44.9 Å². The quantitative estimate of drug-likeness (QED) is 0.214. The maximum atomic E-state index is 14.4. The van der Waals surface area contributed by atoms with Gasteiger partial charge in [-0.1, -0.05) is 82.9 Å². The molecule has 40 heavy (non-hydrogen) atoms. The third-order valence-electron chi connectivity index (χ3n) is 9.49. The molecule has 1 aromatic heterocycles. The molecule has 7 heteroatoms. The minimum atomic E-state index is -1.48. The molecule has 3 aliphatic rings. The van der Waals surface area contributed by atoms with E-state index in [0.29, 0.717) is 30.8 Å². The normalized spacial score (nSPS) is 26.1. The Kier molecular flexibility index (Phi) is 9.21. The number of fused-ring (bicyclic) bond motifs is 4. The van der Waals surface area contributed by atoms with E-state index < -0.39 is 23.0 Å². The molecule has 0 saturated carbocycles. The van der Waals surface area contributed by atoms with Crippen molar-refractivity contribution in [1.29, 1.82) is 0 Å². The number of rotatable bonds is 14. The molecule has 3 aliphatic heterocycles. The maximum absolute atomic E-state index is 14.4. The van der Waals surface area contributed by atoms with Gasteiger partial charge in [-0.25, -0.2) is 0 Å². The highest BCUT2D eigenvalue weighted by molar-refractivity contribution is 6.10. The van der Waals surface area contributed by atoms with Gasteiger partial charge in [0, 0.05) is 29.7 Å². The summed E-state index contributed by atoms with van der Waals surface area (Å²) in [4.78, 5) is 34.8. The van der Waals surface area contributed by atoms with Gasteiger partial charge in [-0.15, -0.1) is 0 Å². The number of anilines is 1. The van der Waals surface area contributed by atoms with Crippen LogP contribution in [0.15, 0.2) is 48.8 Å². The molecule has 5 rings (SSSR count). The van der Waals surface area contributed by atoms with Crippen LogP contribution in [0.2, 0.25) is 0 Å². The van der Waals surface area contributed by atoms with Crippen molar-refractivity contribution in [2.24, 2.45) is 5.41 Å². The van der Waals surface area contributed by atoms with Gasteiger partial charge in [0.15, 0.2) is 0 Å². The third kappa shape index (κ3) is 4.96. The molecule has 1 amide bonds. The zero-order valence-corrected chi connectivity index (χ0v) is 23.9. The van der Waals surface area contributed by atoms with Gasteiger partial charge in [0.25, 0.3) is 5.91 Å². The number of amides is 1. The fourth-order valence-corrected chi connectivity index (χ4v) is 7.60. The molecule has 1 spiro atoms. The number of aliphatic hydroxyl groups excluding tert-OH is 1. The number of nitrogens with zero attached hydrogens (tertiary/aromatic N) is 2. The number of carbonyl (C=O) groups excluding carboxylic acids is 2. The van der Waals surface area contributed by atoms with Gasteiger partial charge in [-0.05, 0) is 56.0 Å². The highest BCUT2D eigenvalue weighted by atomic mass is 16.5. The standard InChI is InChI=1S/C33H45N3O4/c1-2-3-4-5-6-7-8-9-10-13-23-40-31(39)32(29(37)25-18-20-34-21-19-25)24-26-15-14-22-36(26)33(32)27-16-11-12-17-28(27)35-30(33)38/h11-12,16-21,26,29,37H,2-10,13-15,22-24H2,1H3,(H,35,38). The Bertz CT molecular complexity index is 1160. The van der Waals surface area contributed by atoms with E-state index in [1.807, 2.05) is 24.3 Å². The average Bonchev–Trinajstić information content (AvgIpc) is 3.64. The molecule has 2 fully saturated rings. The van der Waals surface area contributed by atoms with Crippen LogP contribution in [0.25, 0.3) is 0 Å². The fourth-order valence-electron chi connectivity index (χ4n) is 7.60. The van der Waals surface area contributed by atoms with Gasteiger partial charge < -0.3 is 15.2 Å². The highest BCUT2D eigenvalue weighted by Gasteiger charge is 2.76. The van der Waals surface area contributed by atoms with Crippen LogP contribution < -0.4 is 5.32 Å². The molecule has 0 bridgehead atoms. The maximum Gasteiger partial charge on any atom is 0.317 e. The van der Waals surface area contributed by atoms with Crippen LogP contribution in [-0.4, -0.2) is 46.1 Å². The van der Waals surface area contributed by atoms with E-state index in [4.69, 9.17) is 4.74 Å². The lowest BCUT2D eigenvalue weighted by Crippen LogP contribution is -2.61. The molecule has 0 aliphatic carbocycles. The number of para-hydroxylation sites is 1. The Morgan fingerprint density at radius 3 is 2.45 bits per heavy atom. The van der Waals surface area contributed by atoms with Crippen molar-refractivity contribution >= 4 is 17.6 Å². The number of esters is 1. The van der Waals surface area contributed by atoms with E-state index in [2.05, 4.69) is 22.1 Å². The van der Waals surface area contributed by atoms with Gasteiger partial charge in [-0.2, -0.15) is 0 Å². The minimum absolute atomic E-state index is 0.0123. The average molecular weight is 548 g/mol. The molecule has 2 saturated heterocycles. The van der Waals surface area contributed by atoms with Crippen LogP contribution in [0, 0.1) is 5.41 Å². The number of aromatic nitrogens is 1. The second-order valence-corrected chi connectivity index (χ2v) is 11.9.